The zero-order valence-electron chi connectivity index (χ0n) is 7.31. The van der Waals surface area contributed by atoms with Gasteiger partial charge >= 0.3 is 0 Å². The average Bonchev–Trinajstić information content (AvgIpc) is 2.67. The molecule has 0 amide bonds. The van der Waals surface area contributed by atoms with Gasteiger partial charge in [-0.05, 0) is 12.1 Å². The lowest BCUT2D eigenvalue weighted by molar-refractivity contribution is -0.114. The second kappa shape index (κ2) is 3.37. The Bertz CT molecular complexity index is 389. The van der Waals surface area contributed by atoms with E-state index in [0.717, 1.165) is 0 Å². The third kappa shape index (κ3) is 1.39. The van der Waals surface area contributed by atoms with Crippen LogP contribution in [0.4, 0.5) is 5.69 Å². The van der Waals surface area contributed by atoms with Crippen LogP contribution in [0.25, 0.3) is 0 Å². The molecular formula is C9H9N3O2. The average molecular weight is 191 g/mol. The van der Waals surface area contributed by atoms with E-state index in [2.05, 4.69) is 10.5 Å². The van der Waals surface area contributed by atoms with Gasteiger partial charge in [0.1, 0.15) is 0 Å². The lowest BCUT2D eigenvalue weighted by Crippen LogP contribution is -2.23. The summed E-state index contributed by atoms with van der Waals surface area (Å²) in [5, 5.41) is 3.85. The number of hydrazone groups is 1. The van der Waals surface area contributed by atoms with Crippen molar-refractivity contribution in [3.05, 3.63) is 29.8 Å². The fraction of sp³-hybridized carbons (Fsp3) is 0.111. The van der Waals surface area contributed by atoms with Crippen LogP contribution >= 0.6 is 0 Å². The van der Waals surface area contributed by atoms with Crippen LogP contribution in [0.5, 0.6) is 0 Å². The van der Waals surface area contributed by atoms with Crippen LogP contribution < -0.4 is 11.2 Å². The molecule has 1 unspecified atom stereocenters. The maximum atomic E-state index is 10.4. The predicted molar refractivity (Wildman–Crippen MR) is 51.5 cm³/mol. The van der Waals surface area contributed by atoms with Gasteiger partial charge < -0.3 is 10.5 Å². The first-order valence-electron chi connectivity index (χ1n) is 4.11. The van der Waals surface area contributed by atoms with Crippen molar-refractivity contribution in [3.63, 3.8) is 0 Å². The zero-order valence-corrected chi connectivity index (χ0v) is 7.31. The number of rotatable bonds is 2. The lowest BCUT2D eigenvalue weighted by atomic mass is 10.2. The Morgan fingerprint density at radius 1 is 1.50 bits per heavy atom. The molecule has 0 saturated heterocycles. The van der Waals surface area contributed by atoms with Gasteiger partial charge in [-0.15, -0.1) is 5.10 Å². The number of carbonyl (C=O) groups is 1. The largest absolute Gasteiger partial charge is 0.443 e. The molecule has 0 aliphatic carbocycles. The van der Waals surface area contributed by atoms with E-state index in [1.54, 1.807) is 12.1 Å². The van der Waals surface area contributed by atoms with Gasteiger partial charge in [0.15, 0.2) is 6.29 Å². The third-order valence-electron chi connectivity index (χ3n) is 1.85. The Kier molecular flexibility index (Phi) is 2.06. The van der Waals surface area contributed by atoms with E-state index in [0.29, 0.717) is 23.4 Å². The Labute approximate surface area is 80.6 Å². The standard InChI is InChI=1S/C9H9N3O2/c10-7-4-2-1-3-6(7)9-12-11-8(5-13)14-9/h1-5,8,11H,10H2. The minimum atomic E-state index is -0.704. The molecule has 5 nitrogen and oxygen atoms in total. The predicted octanol–water partition coefficient (Wildman–Crippen LogP) is 0.0752. The van der Waals surface area contributed by atoms with Crippen LogP contribution in [0.3, 0.4) is 0 Å². The molecule has 0 aromatic heterocycles. The number of nitrogen functional groups attached to an aromatic ring is 1. The molecule has 1 aliphatic rings. The van der Waals surface area contributed by atoms with Gasteiger partial charge in [-0.25, -0.2) is 0 Å². The van der Waals surface area contributed by atoms with E-state index in [1.807, 2.05) is 12.1 Å². The van der Waals surface area contributed by atoms with E-state index in [9.17, 15) is 4.79 Å². The molecule has 0 fully saturated rings. The van der Waals surface area contributed by atoms with Gasteiger partial charge in [-0.3, -0.25) is 10.2 Å². The maximum Gasteiger partial charge on any atom is 0.242 e. The molecule has 1 aliphatic heterocycles. The van der Waals surface area contributed by atoms with Gasteiger partial charge in [-0.1, -0.05) is 12.1 Å². The maximum absolute atomic E-state index is 10.4. The quantitative estimate of drug-likeness (QED) is 0.512. The summed E-state index contributed by atoms with van der Waals surface area (Å²) in [4.78, 5) is 10.4. The number of para-hydroxylation sites is 1. The molecule has 3 N–H and O–H groups in total. The van der Waals surface area contributed by atoms with Gasteiger partial charge in [0.05, 0.1) is 5.56 Å². The summed E-state index contributed by atoms with van der Waals surface area (Å²) in [6.07, 6.45) is -0.0695. The summed E-state index contributed by atoms with van der Waals surface area (Å²) >= 11 is 0. The SMILES string of the molecule is Nc1ccccc1C1=NNC(C=O)O1. The molecule has 1 heterocycles. The summed E-state index contributed by atoms with van der Waals surface area (Å²) < 4.78 is 5.17. The van der Waals surface area contributed by atoms with Gasteiger partial charge in [0, 0.05) is 5.69 Å². The van der Waals surface area contributed by atoms with E-state index in [4.69, 9.17) is 10.5 Å². The molecule has 1 aromatic rings. The Balaban J connectivity index is 2.25. The summed E-state index contributed by atoms with van der Waals surface area (Å²) in [6, 6.07) is 7.17. The number of hydrogen-bond donors (Lipinski definition) is 2. The Morgan fingerprint density at radius 3 is 2.93 bits per heavy atom. The molecule has 5 heteroatoms. The first-order valence-corrected chi connectivity index (χ1v) is 4.11. The normalized spacial score (nSPS) is 19.4. The van der Waals surface area contributed by atoms with E-state index in [1.165, 1.54) is 0 Å². The number of carbonyl (C=O) groups excluding carboxylic acids is 1. The van der Waals surface area contributed by atoms with Crippen LogP contribution in [-0.4, -0.2) is 18.4 Å². The highest BCUT2D eigenvalue weighted by Crippen LogP contribution is 2.15. The van der Waals surface area contributed by atoms with Crippen LogP contribution in [0, 0.1) is 0 Å². The van der Waals surface area contributed by atoms with Crippen LogP contribution in [0.15, 0.2) is 29.4 Å². The number of aldehydes is 1. The van der Waals surface area contributed by atoms with Crippen molar-refractivity contribution >= 4 is 17.9 Å². The molecular weight excluding hydrogens is 182 g/mol. The first-order chi connectivity index (χ1) is 6.81. The number of hydrogen-bond acceptors (Lipinski definition) is 5. The smallest absolute Gasteiger partial charge is 0.242 e. The van der Waals surface area contributed by atoms with Crippen molar-refractivity contribution in [2.24, 2.45) is 5.10 Å². The molecule has 0 bridgehead atoms. The number of nitrogens with two attached hydrogens (primary N) is 1. The van der Waals surface area contributed by atoms with Crippen molar-refractivity contribution in [2.75, 3.05) is 5.73 Å². The Morgan fingerprint density at radius 2 is 2.29 bits per heavy atom. The number of nitrogens with zero attached hydrogens (tertiary/aromatic N) is 1. The second-order valence-electron chi connectivity index (χ2n) is 2.81. The number of ether oxygens (including phenoxy) is 1. The molecule has 0 spiro atoms. The van der Waals surface area contributed by atoms with Crippen LogP contribution in [0.2, 0.25) is 0 Å². The minimum absolute atomic E-state index is 0.347. The minimum Gasteiger partial charge on any atom is -0.443 e. The van der Waals surface area contributed by atoms with Crippen molar-refractivity contribution in [1.82, 2.24) is 5.43 Å². The monoisotopic (exact) mass is 191 g/mol. The summed E-state index contributed by atoms with van der Waals surface area (Å²) in [5.74, 6) is 0.347. The summed E-state index contributed by atoms with van der Waals surface area (Å²) in [6.45, 7) is 0. The van der Waals surface area contributed by atoms with Crippen molar-refractivity contribution in [1.29, 1.82) is 0 Å². The highest BCUT2D eigenvalue weighted by atomic mass is 16.5. The molecule has 14 heavy (non-hydrogen) atoms. The second-order valence-corrected chi connectivity index (χ2v) is 2.81. The molecule has 0 saturated carbocycles. The fourth-order valence-corrected chi connectivity index (χ4v) is 1.17. The number of benzene rings is 1. The Hall–Kier alpha value is -2.04. The van der Waals surface area contributed by atoms with Gasteiger partial charge in [0.2, 0.25) is 12.1 Å². The van der Waals surface area contributed by atoms with Crippen molar-refractivity contribution in [2.45, 2.75) is 6.23 Å². The topological polar surface area (TPSA) is 76.7 Å². The van der Waals surface area contributed by atoms with Crippen molar-refractivity contribution < 1.29 is 9.53 Å². The van der Waals surface area contributed by atoms with E-state index >= 15 is 0 Å². The van der Waals surface area contributed by atoms with Crippen LogP contribution in [0.1, 0.15) is 5.56 Å². The zero-order chi connectivity index (χ0) is 9.97. The highest BCUT2D eigenvalue weighted by Gasteiger charge is 2.20. The number of nitrogens with one attached hydrogen (secondary N) is 1. The molecule has 72 valence electrons. The molecule has 2 rings (SSSR count). The van der Waals surface area contributed by atoms with E-state index < -0.39 is 6.23 Å². The third-order valence-corrected chi connectivity index (χ3v) is 1.85. The molecule has 0 radical (unpaired) electrons. The van der Waals surface area contributed by atoms with Gasteiger partial charge in [0.25, 0.3) is 0 Å². The van der Waals surface area contributed by atoms with Crippen molar-refractivity contribution in [3.8, 4) is 0 Å². The van der Waals surface area contributed by atoms with E-state index in [-0.39, 0.29) is 0 Å². The summed E-state index contributed by atoms with van der Waals surface area (Å²) in [7, 11) is 0. The highest BCUT2D eigenvalue weighted by molar-refractivity contribution is 6.00. The van der Waals surface area contributed by atoms with Crippen LogP contribution in [-0.2, 0) is 9.53 Å². The first kappa shape index (κ1) is 8.55. The molecule has 1 atom stereocenters. The summed E-state index contributed by atoms with van der Waals surface area (Å²) in [5.41, 5.74) is 9.49. The van der Waals surface area contributed by atoms with Gasteiger partial charge in [-0.2, -0.15) is 0 Å². The lowest BCUT2D eigenvalue weighted by Gasteiger charge is -2.05. The fourth-order valence-electron chi connectivity index (χ4n) is 1.17. The number of anilines is 1. The molecule has 1 aromatic carbocycles.